The molecule has 0 fully saturated rings. The summed E-state index contributed by atoms with van der Waals surface area (Å²) >= 11 is 0. The van der Waals surface area contributed by atoms with Gasteiger partial charge in [-0.2, -0.15) is 5.10 Å². The number of aryl methyl sites for hydroxylation is 1. The smallest absolute Gasteiger partial charge is 0.330 e. The highest BCUT2D eigenvalue weighted by molar-refractivity contribution is 5.74. The first-order valence-electron chi connectivity index (χ1n) is 12.2. The third-order valence-corrected chi connectivity index (χ3v) is 6.95. The molecule has 182 valence electrons. The van der Waals surface area contributed by atoms with E-state index in [1.807, 2.05) is 29.1 Å². The summed E-state index contributed by atoms with van der Waals surface area (Å²) in [5.74, 6) is 0.972. The van der Waals surface area contributed by atoms with Crippen molar-refractivity contribution >= 4 is 11.2 Å². The molecule has 0 atom stereocenters. The molecule has 3 aromatic heterocycles. The van der Waals surface area contributed by atoms with E-state index in [-0.39, 0.29) is 5.69 Å². The molecule has 36 heavy (non-hydrogen) atoms. The molecule has 0 bridgehead atoms. The van der Waals surface area contributed by atoms with Gasteiger partial charge in [0.15, 0.2) is 11.5 Å². The summed E-state index contributed by atoms with van der Waals surface area (Å²) in [6.45, 7) is 6.79. The molecule has 0 unspecified atom stereocenters. The number of benzene rings is 2. The van der Waals surface area contributed by atoms with Crippen LogP contribution < -0.4 is 5.69 Å². The predicted molar refractivity (Wildman–Crippen MR) is 139 cm³/mol. The molecule has 0 saturated heterocycles. The second-order valence-corrected chi connectivity index (χ2v) is 9.55. The number of ether oxygens (including phenoxy) is 1. The third kappa shape index (κ3) is 3.74. The Hall–Kier alpha value is -4.04. The Morgan fingerprint density at radius 1 is 1.03 bits per heavy atom. The van der Waals surface area contributed by atoms with Gasteiger partial charge in [0.05, 0.1) is 44.4 Å². The van der Waals surface area contributed by atoms with Crippen molar-refractivity contribution in [3.8, 4) is 22.5 Å². The van der Waals surface area contributed by atoms with Gasteiger partial charge in [0.25, 0.3) is 0 Å². The van der Waals surface area contributed by atoms with Gasteiger partial charge in [0.2, 0.25) is 0 Å². The highest BCUT2D eigenvalue weighted by Gasteiger charge is 2.18. The van der Waals surface area contributed by atoms with Gasteiger partial charge in [0, 0.05) is 18.2 Å². The van der Waals surface area contributed by atoms with Gasteiger partial charge in [-0.15, -0.1) is 0 Å². The highest BCUT2D eigenvalue weighted by atomic mass is 16.5. The van der Waals surface area contributed by atoms with Crippen molar-refractivity contribution in [1.82, 2.24) is 28.9 Å². The monoisotopic (exact) mass is 480 g/mol. The van der Waals surface area contributed by atoms with E-state index in [1.54, 1.807) is 22.4 Å². The first-order chi connectivity index (χ1) is 17.5. The molecule has 0 spiro atoms. The minimum absolute atomic E-state index is 0.111. The Balaban J connectivity index is 1.36. The second kappa shape index (κ2) is 8.87. The predicted octanol–water partition coefficient (Wildman–Crippen LogP) is 4.36. The molecule has 0 aliphatic carbocycles. The van der Waals surface area contributed by atoms with Gasteiger partial charge < -0.3 is 4.74 Å². The van der Waals surface area contributed by atoms with Gasteiger partial charge in [-0.3, -0.25) is 13.8 Å². The Bertz CT molecular complexity index is 1620. The van der Waals surface area contributed by atoms with E-state index in [4.69, 9.17) is 9.72 Å². The molecule has 0 amide bonds. The molecule has 4 heterocycles. The van der Waals surface area contributed by atoms with E-state index in [0.717, 1.165) is 34.5 Å². The highest BCUT2D eigenvalue weighted by Crippen LogP contribution is 2.28. The average Bonchev–Trinajstić information content (AvgIpc) is 3.44. The normalized spacial score (nSPS) is 13.4. The molecule has 2 aromatic carbocycles. The molecule has 6 rings (SSSR count). The van der Waals surface area contributed by atoms with Crippen LogP contribution >= 0.6 is 0 Å². The minimum atomic E-state index is -0.111. The molecule has 0 radical (unpaired) electrons. The summed E-state index contributed by atoms with van der Waals surface area (Å²) < 4.78 is 11.0. The van der Waals surface area contributed by atoms with E-state index in [1.165, 1.54) is 5.56 Å². The van der Waals surface area contributed by atoms with Gasteiger partial charge >= 0.3 is 5.69 Å². The van der Waals surface area contributed by atoms with Crippen LogP contribution in [-0.4, -0.2) is 35.5 Å². The van der Waals surface area contributed by atoms with Gasteiger partial charge in [-0.05, 0) is 22.6 Å². The van der Waals surface area contributed by atoms with Crippen molar-refractivity contribution in [2.75, 3.05) is 6.61 Å². The molecule has 5 aromatic rings. The lowest BCUT2D eigenvalue weighted by Gasteiger charge is -2.15. The van der Waals surface area contributed by atoms with E-state index < -0.39 is 0 Å². The number of rotatable bonds is 5. The Morgan fingerprint density at radius 3 is 2.64 bits per heavy atom. The molecule has 0 saturated carbocycles. The van der Waals surface area contributed by atoms with Crippen molar-refractivity contribution in [2.45, 2.75) is 39.5 Å². The van der Waals surface area contributed by atoms with Crippen molar-refractivity contribution < 1.29 is 4.74 Å². The second-order valence-electron chi connectivity index (χ2n) is 9.55. The van der Waals surface area contributed by atoms with Crippen LogP contribution in [0, 0.1) is 0 Å². The number of fused-ring (bicyclic) bond motifs is 2. The zero-order valence-corrected chi connectivity index (χ0v) is 20.7. The Kier molecular flexibility index (Phi) is 5.53. The lowest BCUT2D eigenvalue weighted by Crippen LogP contribution is -2.22. The first-order valence-corrected chi connectivity index (χ1v) is 12.2. The van der Waals surface area contributed by atoms with Crippen LogP contribution in [0.4, 0.5) is 0 Å². The van der Waals surface area contributed by atoms with Crippen molar-refractivity contribution in [3.05, 3.63) is 88.2 Å². The molecule has 1 aliphatic rings. The SMILES string of the molecule is CC(C)c1ccccc1-c1ncc2c(n1)n(Cc1ccc(-c3cnn4c3COCC4)cc1)c(=O)n2C. The van der Waals surface area contributed by atoms with E-state index >= 15 is 0 Å². The fourth-order valence-electron chi connectivity index (χ4n) is 4.94. The van der Waals surface area contributed by atoms with E-state index in [9.17, 15) is 4.79 Å². The van der Waals surface area contributed by atoms with Crippen LogP contribution in [0.3, 0.4) is 0 Å². The topological polar surface area (TPSA) is 79.8 Å². The summed E-state index contributed by atoms with van der Waals surface area (Å²) in [6, 6.07) is 16.5. The van der Waals surface area contributed by atoms with Crippen molar-refractivity contribution in [1.29, 1.82) is 0 Å². The zero-order chi connectivity index (χ0) is 24.8. The van der Waals surface area contributed by atoms with Crippen LogP contribution in [0.15, 0.2) is 65.7 Å². The molecule has 1 aliphatic heterocycles. The molecular weight excluding hydrogens is 452 g/mol. The summed E-state index contributed by atoms with van der Waals surface area (Å²) in [5.41, 5.74) is 7.72. The molecular formula is C28H28N6O2. The van der Waals surface area contributed by atoms with Crippen molar-refractivity contribution in [3.63, 3.8) is 0 Å². The van der Waals surface area contributed by atoms with Gasteiger partial charge in [-0.25, -0.2) is 14.8 Å². The van der Waals surface area contributed by atoms with Crippen LogP contribution in [0.5, 0.6) is 0 Å². The van der Waals surface area contributed by atoms with Crippen LogP contribution in [0.25, 0.3) is 33.7 Å². The zero-order valence-electron chi connectivity index (χ0n) is 20.7. The minimum Gasteiger partial charge on any atom is -0.373 e. The standard InChI is InChI=1S/C28H28N6O2/c1-18(2)21-6-4-5-7-22(21)26-29-15-24-27(31-26)33(28(35)32(24)3)16-19-8-10-20(11-9-19)23-14-30-34-12-13-36-17-25(23)34/h4-11,14-15,18H,12-13,16-17H2,1-3H3. The molecule has 0 N–H and O–H groups in total. The van der Waals surface area contributed by atoms with Crippen LogP contribution in [0.2, 0.25) is 0 Å². The largest absolute Gasteiger partial charge is 0.373 e. The summed E-state index contributed by atoms with van der Waals surface area (Å²) in [6.07, 6.45) is 3.66. The Morgan fingerprint density at radius 2 is 1.83 bits per heavy atom. The van der Waals surface area contributed by atoms with Crippen LogP contribution in [0.1, 0.15) is 36.6 Å². The fraction of sp³-hybridized carbons (Fsp3) is 0.286. The summed E-state index contributed by atoms with van der Waals surface area (Å²) in [5, 5.41) is 4.50. The molecule has 8 heteroatoms. The van der Waals surface area contributed by atoms with Crippen LogP contribution in [-0.2, 0) is 31.5 Å². The summed E-state index contributed by atoms with van der Waals surface area (Å²) in [7, 11) is 1.76. The lowest BCUT2D eigenvalue weighted by molar-refractivity contribution is 0.0804. The number of nitrogens with zero attached hydrogens (tertiary/aromatic N) is 6. The maximum absolute atomic E-state index is 13.2. The van der Waals surface area contributed by atoms with E-state index in [0.29, 0.717) is 42.7 Å². The van der Waals surface area contributed by atoms with Gasteiger partial charge in [-0.1, -0.05) is 62.4 Å². The number of imidazole rings is 1. The fourth-order valence-corrected chi connectivity index (χ4v) is 4.94. The lowest BCUT2D eigenvalue weighted by atomic mass is 9.97. The number of hydrogen-bond donors (Lipinski definition) is 0. The first kappa shape index (κ1) is 22.4. The van der Waals surface area contributed by atoms with Gasteiger partial charge in [0.1, 0.15) is 5.52 Å². The Labute approximate surface area is 208 Å². The maximum atomic E-state index is 13.2. The summed E-state index contributed by atoms with van der Waals surface area (Å²) in [4.78, 5) is 22.7. The number of aromatic nitrogens is 6. The maximum Gasteiger partial charge on any atom is 0.330 e. The van der Waals surface area contributed by atoms with Crippen molar-refractivity contribution in [2.24, 2.45) is 7.05 Å². The van der Waals surface area contributed by atoms with E-state index in [2.05, 4.69) is 54.3 Å². The quantitative estimate of drug-likeness (QED) is 0.373. The molecule has 8 nitrogen and oxygen atoms in total. The third-order valence-electron chi connectivity index (χ3n) is 6.95. The average molecular weight is 481 g/mol. The number of hydrogen-bond acceptors (Lipinski definition) is 5.